The molecule has 0 bridgehead atoms. The third-order valence-electron chi connectivity index (χ3n) is 7.56. The molecule has 1 fully saturated rings. The van der Waals surface area contributed by atoms with Crippen molar-refractivity contribution in [2.75, 3.05) is 26.2 Å². The third-order valence-corrected chi connectivity index (χ3v) is 8.31. The number of aryl methyl sites for hydroxylation is 1. The molecule has 1 saturated heterocycles. The number of piperidine rings is 1. The van der Waals surface area contributed by atoms with E-state index < -0.39 is 0 Å². The zero-order chi connectivity index (χ0) is 26.8. The van der Waals surface area contributed by atoms with Crippen LogP contribution in [0.1, 0.15) is 62.8 Å². The van der Waals surface area contributed by atoms with Gasteiger partial charge in [-0.05, 0) is 112 Å². The van der Waals surface area contributed by atoms with Crippen molar-refractivity contribution in [3.63, 3.8) is 0 Å². The molecule has 0 amide bonds. The Morgan fingerprint density at radius 3 is 2.59 bits per heavy atom. The summed E-state index contributed by atoms with van der Waals surface area (Å²) in [4.78, 5) is 14.4. The lowest BCUT2D eigenvalue weighted by Gasteiger charge is -2.32. The van der Waals surface area contributed by atoms with Crippen LogP contribution in [0.2, 0.25) is 5.15 Å². The lowest BCUT2D eigenvalue weighted by molar-refractivity contribution is -0.149. The fourth-order valence-corrected chi connectivity index (χ4v) is 6.04. The highest BCUT2D eigenvalue weighted by Gasteiger charge is 2.27. The van der Waals surface area contributed by atoms with Crippen LogP contribution in [0.15, 0.2) is 42.0 Å². The maximum absolute atomic E-state index is 12.0. The van der Waals surface area contributed by atoms with E-state index in [0.29, 0.717) is 18.4 Å². The minimum absolute atomic E-state index is 0. The van der Waals surface area contributed by atoms with Crippen molar-refractivity contribution in [2.24, 2.45) is 5.92 Å². The van der Waals surface area contributed by atoms with Gasteiger partial charge >= 0.3 is 5.97 Å². The number of rotatable bonds is 8. The molecule has 0 spiro atoms. The van der Waals surface area contributed by atoms with Gasteiger partial charge < -0.3 is 9.47 Å². The molecule has 5 rings (SSSR count). The van der Waals surface area contributed by atoms with Gasteiger partial charge in [0.25, 0.3) is 0 Å². The van der Waals surface area contributed by atoms with Gasteiger partial charge in [0.05, 0.1) is 18.0 Å². The molecule has 1 aromatic heterocycles. The Labute approximate surface area is 246 Å². The number of aromatic nitrogens is 2. The number of benzene rings is 2. The first-order valence-corrected chi connectivity index (χ1v) is 14.3. The average molecular weight is 593 g/mol. The van der Waals surface area contributed by atoms with Crippen LogP contribution in [0, 0.1) is 5.92 Å². The van der Waals surface area contributed by atoms with Gasteiger partial charge in [-0.3, -0.25) is 14.4 Å². The summed E-state index contributed by atoms with van der Waals surface area (Å²) >= 11 is 13.3. The number of hydrogen-bond acceptors (Lipinski definition) is 5. The maximum atomic E-state index is 12.0. The highest BCUT2D eigenvalue weighted by atomic mass is 35.5. The summed E-state index contributed by atoms with van der Waals surface area (Å²) in [5.41, 5.74) is 5.66. The van der Waals surface area contributed by atoms with Crippen molar-refractivity contribution in [3.05, 3.63) is 63.8 Å². The first-order chi connectivity index (χ1) is 18.3. The highest BCUT2D eigenvalue weighted by molar-refractivity contribution is 6.49. The Kier molecular flexibility index (Phi) is 9.87. The molecule has 0 radical (unpaired) electrons. The number of carbonyl (C=O) groups is 1. The van der Waals surface area contributed by atoms with Crippen LogP contribution in [0.5, 0.6) is 5.75 Å². The standard InChI is InChI=1S/C30H35Cl2N3O3.ClH/c1-4-37-30(36)21-11-13-34(14-12-21)17-23-7-6-22-16-24(8-9-25(22)28(23)31)38-18-20-5-10-27-26(15-20)29(32)33-35(27)19(2)3;/h5,8-10,15-16,19,21H,4,6-7,11-14,17-18H2,1-3H3;1H. The highest BCUT2D eigenvalue weighted by Crippen LogP contribution is 2.37. The van der Waals surface area contributed by atoms with E-state index >= 15 is 0 Å². The fraction of sp³-hybridized carbons (Fsp3) is 0.467. The van der Waals surface area contributed by atoms with Gasteiger partial charge in [0.15, 0.2) is 5.15 Å². The zero-order valence-electron chi connectivity index (χ0n) is 22.7. The number of likely N-dealkylation sites (tertiary alicyclic amines) is 1. The van der Waals surface area contributed by atoms with Crippen molar-refractivity contribution in [1.82, 2.24) is 14.7 Å². The second kappa shape index (κ2) is 12.9. The predicted molar refractivity (Wildman–Crippen MR) is 160 cm³/mol. The van der Waals surface area contributed by atoms with Gasteiger partial charge in [-0.2, -0.15) is 5.10 Å². The summed E-state index contributed by atoms with van der Waals surface area (Å²) in [5, 5.41) is 6.79. The molecule has 2 aromatic carbocycles. The Bertz CT molecular complexity index is 1360. The SMILES string of the molecule is CCOC(=O)C1CCN(CC2=C(Cl)c3ccc(OCc4ccc5c(c4)c(Cl)nn5C(C)C)cc3CC2)CC1.Cl. The Morgan fingerprint density at radius 1 is 1.10 bits per heavy atom. The molecule has 1 aliphatic carbocycles. The second-order valence-electron chi connectivity index (χ2n) is 10.5. The molecule has 0 unspecified atom stereocenters. The van der Waals surface area contributed by atoms with Crippen molar-refractivity contribution in [3.8, 4) is 5.75 Å². The van der Waals surface area contributed by atoms with Gasteiger partial charge in [-0.25, -0.2) is 0 Å². The van der Waals surface area contributed by atoms with E-state index in [2.05, 4.69) is 54.2 Å². The van der Waals surface area contributed by atoms with Crippen LogP contribution in [0.3, 0.4) is 0 Å². The number of hydrogen-bond donors (Lipinski definition) is 0. The number of nitrogens with zero attached hydrogens (tertiary/aromatic N) is 3. The van der Waals surface area contributed by atoms with Gasteiger partial charge in [-0.1, -0.05) is 29.3 Å². The van der Waals surface area contributed by atoms with E-state index in [4.69, 9.17) is 32.7 Å². The first-order valence-electron chi connectivity index (χ1n) is 13.5. The van der Waals surface area contributed by atoms with Gasteiger partial charge in [0.2, 0.25) is 0 Å². The molecule has 2 heterocycles. The summed E-state index contributed by atoms with van der Waals surface area (Å²) < 4.78 is 13.3. The van der Waals surface area contributed by atoms with Crippen molar-refractivity contribution in [1.29, 1.82) is 0 Å². The summed E-state index contributed by atoms with van der Waals surface area (Å²) in [5.74, 6) is 0.806. The van der Waals surface area contributed by atoms with Gasteiger partial charge in [0.1, 0.15) is 12.4 Å². The summed E-state index contributed by atoms with van der Waals surface area (Å²) in [7, 11) is 0. The number of ether oxygens (including phenoxy) is 2. The molecule has 2 aliphatic rings. The van der Waals surface area contributed by atoms with Gasteiger partial charge in [-0.15, -0.1) is 12.4 Å². The quantitative estimate of drug-likeness (QED) is 0.254. The molecule has 6 nitrogen and oxygen atoms in total. The molecule has 0 saturated carbocycles. The minimum Gasteiger partial charge on any atom is -0.489 e. The number of esters is 1. The van der Waals surface area contributed by atoms with Crippen LogP contribution in [-0.4, -0.2) is 46.9 Å². The molecule has 0 atom stereocenters. The normalized spacial score (nSPS) is 16.4. The minimum atomic E-state index is -0.0550. The first kappa shape index (κ1) is 29.7. The van der Waals surface area contributed by atoms with Crippen LogP contribution >= 0.6 is 35.6 Å². The smallest absolute Gasteiger partial charge is 0.309 e. The number of halogens is 3. The van der Waals surface area contributed by atoms with Crippen molar-refractivity contribution in [2.45, 2.75) is 59.1 Å². The van der Waals surface area contributed by atoms with E-state index in [0.717, 1.165) is 78.1 Å². The van der Waals surface area contributed by atoms with E-state index in [1.54, 1.807) is 0 Å². The Hall–Kier alpha value is -2.25. The molecule has 0 N–H and O–H groups in total. The lowest BCUT2D eigenvalue weighted by Crippen LogP contribution is -2.38. The largest absolute Gasteiger partial charge is 0.489 e. The number of fused-ring (bicyclic) bond motifs is 2. The van der Waals surface area contributed by atoms with E-state index in [1.165, 1.54) is 11.1 Å². The van der Waals surface area contributed by atoms with Crippen LogP contribution in [0.4, 0.5) is 0 Å². The maximum Gasteiger partial charge on any atom is 0.309 e. The Balaban J connectivity index is 0.00000353. The molecule has 1 aliphatic heterocycles. The summed E-state index contributed by atoms with van der Waals surface area (Å²) in [6, 6.07) is 12.6. The molecule has 3 aromatic rings. The van der Waals surface area contributed by atoms with E-state index in [9.17, 15) is 4.79 Å². The molecular formula is C30H36Cl3N3O3. The fourth-order valence-electron chi connectivity index (χ4n) is 5.47. The predicted octanol–water partition coefficient (Wildman–Crippen LogP) is 7.44. The third kappa shape index (κ3) is 6.57. The van der Waals surface area contributed by atoms with Crippen molar-refractivity contribution < 1.29 is 14.3 Å². The summed E-state index contributed by atoms with van der Waals surface area (Å²) in [6.07, 6.45) is 3.57. The number of carbonyl (C=O) groups excluding carboxylic acids is 1. The summed E-state index contributed by atoms with van der Waals surface area (Å²) in [6.45, 7) is 9.59. The van der Waals surface area contributed by atoms with Crippen molar-refractivity contribution >= 4 is 57.5 Å². The zero-order valence-corrected chi connectivity index (χ0v) is 25.0. The topological polar surface area (TPSA) is 56.6 Å². The molecule has 210 valence electrons. The molecule has 9 heteroatoms. The lowest BCUT2D eigenvalue weighted by atomic mass is 9.90. The second-order valence-corrected chi connectivity index (χ2v) is 11.2. The molecule has 39 heavy (non-hydrogen) atoms. The monoisotopic (exact) mass is 591 g/mol. The van der Waals surface area contributed by atoms with Gasteiger partial charge in [0, 0.05) is 23.0 Å². The van der Waals surface area contributed by atoms with E-state index in [1.807, 2.05) is 17.7 Å². The van der Waals surface area contributed by atoms with Crippen LogP contribution < -0.4 is 4.74 Å². The Morgan fingerprint density at radius 2 is 1.87 bits per heavy atom. The molecular weight excluding hydrogens is 557 g/mol. The van der Waals surface area contributed by atoms with Crippen LogP contribution in [-0.2, 0) is 22.6 Å². The van der Waals surface area contributed by atoms with Crippen LogP contribution in [0.25, 0.3) is 15.9 Å². The van der Waals surface area contributed by atoms with E-state index in [-0.39, 0.29) is 30.3 Å². The average Bonchev–Trinajstić information content (AvgIpc) is 3.25.